The summed E-state index contributed by atoms with van der Waals surface area (Å²) in [7, 11) is 0. The Balaban J connectivity index is 1.27. The number of hydrogen-bond donors (Lipinski definition) is 2. The molecule has 0 spiro atoms. The second-order valence-corrected chi connectivity index (χ2v) is 10.2. The lowest BCUT2D eigenvalue weighted by molar-refractivity contribution is -0.117. The monoisotopic (exact) mass is 479 g/mol. The molecular formula is C23H21N5O3S2. The van der Waals surface area contributed by atoms with Gasteiger partial charge in [0.15, 0.2) is 10.8 Å². The highest BCUT2D eigenvalue weighted by atomic mass is 32.1. The van der Waals surface area contributed by atoms with Crippen molar-refractivity contribution in [2.75, 3.05) is 18.5 Å². The molecule has 0 radical (unpaired) electrons. The summed E-state index contributed by atoms with van der Waals surface area (Å²) in [6, 6.07) is 8.07. The molecule has 1 saturated carbocycles. The lowest BCUT2D eigenvalue weighted by Gasteiger charge is -2.22. The van der Waals surface area contributed by atoms with Crippen LogP contribution >= 0.6 is 22.9 Å². The number of nitrogens with zero attached hydrogens (tertiary/aromatic N) is 3. The summed E-state index contributed by atoms with van der Waals surface area (Å²) in [6.45, 7) is 1.33. The van der Waals surface area contributed by atoms with E-state index in [9.17, 15) is 9.59 Å². The van der Waals surface area contributed by atoms with Crippen molar-refractivity contribution < 1.29 is 14.3 Å². The van der Waals surface area contributed by atoms with Crippen molar-refractivity contribution in [3.05, 3.63) is 36.2 Å². The standard InChI is InChI=1S/C23H21N5O3S2/c29-20(12-1-2-12)27-23-26-17-4-3-13(10-18(17)32-23)14-9-16-19(28-33-22(16)24-11-14)21(30)25-15-5-7-31-8-6-15/h3-4,9-12,15H,1-2,5-8H2,(H,25,30)(H,26,27,29). The number of hydrogen-bond acceptors (Lipinski definition) is 8. The van der Waals surface area contributed by atoms with Gasteiger partial charge in [-0.05, 0) is 61.0 Å². The van der Waals surface area contributed by atoms with E-state index in [1.165, 1.54) is 22.9 Å². The zero-order chi connectivity index (χ0) is 22.4. The molecule has 2 fully saturated rings. The fourth-order valence-electron chi connectivity index (χ4n) is 3.96. The molecule has 0 bridgehead atoms. The van der Waals surface area contributed by atoms with Gasteiger partial charge >= 0.3 is 0 Å². The first-order valence-corrected chi connectivity index (χ1v) is 12.6. The minimum atomic E-state index is -0.166. The number of benzene rings is 1. The lowest BCUT2D eigenvalue weighted by atomic mass is 10.1. The number of rotatable bonds is 5. The largest absolute Gasteiger partial charge is 0.381 e. The van der Waals surface area contributed by atoms with Gasteiger partial charge in [-0.25, -0.2) is 9.97 Å². The van der Waals surface area contributed by atoms with E-state index in [1.54, 1.807) is 6.20 Å². The fourth-order valence-corrected chi connectivity index (χ4v) is 5.58. The van der Waals surface area contributed by atoms with Crippen LogP contribution in [0.25, 0.3) is 31.6 Å². The maximum atomic E-state index is 12.9. The van der Waals surface area contributed by atoms with Gasteiger partial charge in [0.25, 0.3) is 5.91 Å². The van der Waals surface area contributed by atoms with E-state index in [0.717, 1.165) is 57.2 Å². The Bertz CT molecular complexity index is 1370. The molecule has 0 atom stereocenters. The minimum Gasteiger partial charge on any atom is -0.381 e. The number of aromatic nitrogens is 3. The first kappa shape index (κ1) is 20.6. The van der Waals surface area contributed by atoms with Gasteiger partial charge in [0.2, 0.25) is 5.91 Å². The molecule has 33 heavy (non-hydrogen) atoms. The van der Waals surface area contributed by atoms with Crippen LogP contribution in [0.4, 0.5) is 5.13 Å². The highest BCUT2D eigenvalue weighted by molar-refractivity contribution is 7.22. The van der Waals surface area contributed by atoms with Crippen LogP contribution in [0.15, 0.2) is 30.5 Å². The SMILES string of the molecule is O=C(NC1CCOCC1)c1nsc2ncc(-c3ccc4nc(NC(=O)C5CC5)sc4c3)cc12. The van der Waals surface area contributed by atoms with Gasteiger partial charge in [0, 0.05) is 42.3 Å². The van der Waals surface area contributed by atoms with Gasteiger partial charge < -0.3 is 15.4 Å². The predicted octanol–water partition coefficient (Wildman–Crippen LogP) is 4.23. The Morgan fingerprint density at radius 3 is 2.73 bits per heavy atom. The summed E-state index contributed by atoms with van der Waals surface area (Å²) in [6.07, 6.45) is 5.36. The zero-order valence-corrected chi connectivity index (χ0v) is 19.3. The van der Waals surface area contributed by atoms with E-state index in [1.807, 2.05) is 24.3 Å². The second-order valence-electron chi connectivity index (χ2n) is 8.43. The molecule has 4 heterocycles. The van der Waals surface area contributed by atoms with E-state index < -0.39 is 0 Å². The number of thiazole rings is 1. The number of nitrogens with one attached hydrogen (secondary N) is 2. The number of carbonyl (C=O) groups excluding carboxylic acids is 2. The van der Waals surface area contributed by atoms with Crippen molar-refractivity contribution in [1.82, 2.24) is 19.7 Å². The third-order valence-corrected chi connectivity index (χ3v) is 7.71. The molecule has 4 aromatic rings. The zero-order valence-electron chi connectivity index (χ0n) is 17.7. The Hall–Kier alpha value is -2.95. The molecule has 8 nitrogen and oxygen atoms in total. The summed E-state index contributed by atoms with van der Waals surface area (Å²) < 4.78 is 10.7. The lowest BCUT2D eigenvalue weighted by Crippen LogP contribution is -2.39. The average molecular weight is 480 g/mol. The Labute approximate surface area is 197 Å². The van der Waals surface area contributed by atoms with E-state index in [0.29, 0.717) is 24.0 Å². The third-order valence-electron chi connectivity index (χ3n) is 6.00. The third kappa shape index (κ3) is 4.21. The minimum absolute atomic E-state index is 0.0560. The summed E-state index contributed by atoms with van der Waals surface area (Å²) >= 11 is 2.70. The molecule has 1 aromatic carbocycles. The number of ether oxygens (including phenoxy) is 1. The van der Waals surface area contributed by atoms with Crippen LogP contribution in [0.5, 0.6) is 0 Å². The number of fused-ring (bicyclic) bond motifs is 2. The molecule has 6 rings (SSSR count). The molecule has 1 saturated heterocycles. The average Bonchev–Trinajstić information content (AvgIpc) is 3.48. The summed E-state index contributed by atoms with van der Waals surface area (Å²) in [5.74, 6) is 0.0314. The summed E-state index contributed by atoms with van der Waals surface area (Å²) in [4.78, 5) is 34.7. The van der Waals surface area contributed by atoms with Gasteiger partial charge in [0.1, 0.15) is 4.83 Å². The van der Waals surface area contributed by atoms with Gasteiger partial charge in [0.05, 0.1) is 10.2 Å². The molecule has 1 aliphatic carbocycles. The van der Waals surface area contributed by atoms with E-state index in [4.69, 9.17) is 4.74 Å². The molecule has 0 unspecified atom stereocenters. The summed E-state index contributed by atoms with van der Waals surface area (Å²) in [5, 5.41) is 7.39. The van der Waals surface area contributed by atoms with Crippen molar-refractivity contribution in [2.45, 2.75) is 31.7 Å². The normalized spacial score (nSPS) is 16.8. The Morgan fingerprint density at radius 1 is 1.06 bits per heavy atom. The van der Waals surface area contributed by atoms with E-state index in [2.05, 4.69) is 25.0 Å². The van der Waals surface area contributed by atoms with Crippen molar-refractivity contribution in [3.63, 3.8) is 0 Å². The molecular weight excluding hydrogens is 458 g/mol. The Morgan fingerprint density at radius 2 is 1.91 bits per heavy atom. The van der Waals surface area contributed by atoms with E-state index >= 15 is 0 Å². The van der Waals surface area contributed by atoms with Crippen molar-refractivity contribution >= 4 is 60.2 Å². The fraction of sp³-hybridized carbons (Fsp3) is 0.348. The molecule has 1 aliphatic heterocycles. The molecule has 3 aromatic heterocycles. The Kier molecular flexibility index (Phi) is 5.28. The van der Waals surface area contributed by atoms with Gasteiger partial charge in [-0.15, -0.1) is 0 Å². The predicted molar refractivity (Wildman–Crippen MR) is 129 cm³/mol. The van der Waals surface area contributed by atoms with Gasteiger partial charge in [-0.3, -0.25) is 9.59 Å². The van der Waals surface area contributed by atoms with Gasteiger partial charge in [-0.1, -0.05) is 17.4 Å². The van der Waals surface area contributed by atoms with Crippen LogP contribution in [-0.4, -0.2) is 45.4 Å². The van der Waals surface area contributed by atoms with Crippen LogP contribution in [0, 0.1) is 5.92 Å². The number of carbonyl (C=O) groups is 2. The molecule has 2 amide bonds. The van der Waals surface area contributed by atoms with Crippen molar-refractivity contribution in [3.8, 4) is 11.1 Å². The first-order valence-electron chi connectivity index (χ1n) is 11.0. The van der Waals surface area contributed by atoms with Crippen LogP contribution in [0.1, 0.15) is 36.2 Å². The quantitative estimate of drug-likeness (QED) is 0.444. The number of pyridine rings is 1. The first-order chi connectivity index (χ1) is 16.1. The topological polar surface area (TPSA) is 106 Å². The maximum absolute atomic E-state index is 12.9. The number of amides is 2. The second kappa shape index (κ2) is 8.44. The van der Waals surface area contributed by atoms with Crippen molar-refractivity contribution in [2.24, 2.45) is 5.92 Å². The smallest absolute Gasteiger partial charge is 0.271 e. The summed E-state index contributed by atoms with van der Waals surface area (Å²) in [5.41, 5.74) is 3.14. The van der Waals surface area contributed by atoms with Crippen LogP contribution in [0.2, 0.25) is 0 Å². The van der Waals surface area contributed by atoms with Crippen LogP contribution in [0.3, 0.4) is 0 Å². The number of anilines is 1. The molecule has 10 heteroatoms. The highest BCUT2D eigenvalue weighted by Gasteiger charge is 2.30. The van der Waals surface area contributed by atoms with Crippen molar-refractivity contribution in [1.29, 1.82) is 0 Å². The molecule has 2 aliphatic rings. The molecule has 168 valence electrons. The van der Waals surface area contributed by atoms with E-state index in [-0.39, 0.29) is 23.8 Å². The van der Waals surface area contributed by atoms with Gasteiger partial charge in [-0.2, -0.15) is 4.37 Å². The molecule has 2 N–H and O–H groups in total. The van der Waals surface area contributed by atoms with Crippen LogP contribution < -0.4 is 10.6 Å². The van der Waals surface area contributed by atoms with Crippen LogP contribution in [-0.2, 0) is 9.53 Å². The maximum Gasteiger partial charge on any atom is 0.271 e. The highest BCUT2D eigenvalue weighted by Crippen LogP contribution is 2.34.